The van der Waals surface area contributed by atoms with Gasteiger partial charge in [0.15, 0.2) is 0 Å². The quantitative estimate of drug-likeness (QED) is 0.923. The van der Waals surface area contributed by atoms with Gasteiger partial charge in [0.2, 0.25) is 0 Å². The molecule has 1 fully saturated rings. The summed E-state index contributed by atoms with van der Waals surface area (Å²) >= 11 is 12.2. The molecule has 5 heteroatoms. The summed E-state index contributed by atoms with van der Waals surface area (Å²) in [7, 11) is 1.88. The lowest BCUT2D eigenvalue weighted by Gasteiger charge is -2.25. The van der Waals surface area contributed by atoms with E-state index in [4.69, 9.17) is 32.7 Å². The van der Waals surface area contributed by atoms with Crippen molar-refractivity contribution in [1.82, 2.24) is 5.32 Å². The number of hydrogen-bond donors (Lipinski definition) is 1. The Morgan fingerprint density at radius 3 is 2.94 bits per heavy atom. The van der Waals surface area contributed by atoms with Gasteiger partial charge in [-0.15, -0.1) is 0 Å². The second-order valence-corrected chi connectivity index (χ2v) is 5.21. The van der Waals surface area contributed by atoms with Crippen molar-refractivity contribution in [3.05, 3.63) is 27.7 Å². The zero-order valence-corrected chi connectivity index (χ0v) is 11.9. The average Bonchev–Trinajstić information content (AvgIpc) is 2.35. The Bertz CT molecular complexity index is 406. The highest BCUT2D eigenvalue weighted by Crippen LogP contribution is 2.34. The molecule has 0 aliphatic carbocycles. The lowest BCUT2D eigenvalue weighted by molar-refractivity contribution is 0.00706. The molecule has 1 heterocycles. The van der Waals surface area contributed by atoms with E-state index in [1.54, 1.807) is 6.07 Å². The molecule has 2 rings (SSSR count). The van der Waals surface area contributed by atoms with Crippen molar-refractivity contribution < 1.29 is 9.47 Å². The molecule has 1 aliphatic rings. The minimum Gasteiger partial charge on any atom is -0.486 e. The van der Waals surface area contributed by atoms with Crippen LogP contribution >= 0.6 is 23.2 Å². The largest absolute Gasteiger partial charge is 0.486 e. The van der Waals surface area contributed by atoms with Gasteiger partial charge in [-0.2, -0.15) is 0 Å². The molecular formula is C13H17Cl2NO2. The van der Waals surface area contributed by atoms with Gasteiger partial charge in [-0.1, -0.05) is 23.2 Å². The van der Waals surface area contributed by atoms with Crippen LogP contribution in [0.1, 0.15) is 18.4 Å². The molecule has 100 valence electrons. The third kappa shape index (κ3) is 3.51. The maximum Gasteiger partial charge on any atom is 0.143 e. The van der Waals surface area contributed by atoms with E-state index < -0.39 is 0 Å². The van der Waals surface area contributed by atoms with Crippen molar-refractivity contribution in [1.29, 1.82) is 0 Å². The first kappa shape index (κ1) is 13.9. The second kappa shape index (κ2) is 6.62. The zero-order chi connectivity index (χ0) is 13.0. The molecule has 1 atom stereocenters. The average molecular weight is 290 g/mol. The molecule has 0 saturated carbocycles. The Balaban J connectivity index is 2.18. The van der Waals surface area contributed by atoms with Gasteiger partial charge in [0.1, 0.15) is 11.9 Å². The highest BCUT2D eigenvalue weighted by atomic mass is 35.5. The van der Waals surface area contributed by atoms with Crippen LogP contribution in [0.4, 0.5) is 0 Å². The lowest BCUT2D eigenvalue weighted by atomic mass is 10.1. The minimum atomic E-state index is 0.0769. The van der Waals surface area contributed by atoms with E-state index in [0.717, 1.165) is 25.0 Å². The van der Waals surface area contributed by atoms with Crippen molar-refractivity contribution in [3.8, 4) is 5.75 Å². The summed E-state index contributed by atoms with van der Waals surface area (Å²) in [5.41, 5.74) is 0.973. The molecule has 0 amide bonds. The predicted molar refractivity (Wildman–Crippen MR) is 73.7 cm³/mol. The topological polar surface area (TPSA) is 30.5 Å². The number of hydrogen-bond acceptors (Lipinski definition) is 3. The molecule has 1 aromatic carbocycles. The molecular weight excluding hydrogens is 273 g/mol. The minimum absolute atomic E-state index is 0.0769. The van der Waals surface area contributed by atoms with Gasteiger partial charge in [0, 0.05) is 23.7 Å². The Hall–Kier alpha value is -0.480. The van der Waals surface area contributed by atoms with Crippen LogP contribution in [0.25, 0.3) is 0 Å². The van der Waals surface area contributed by atoms with E-state index in [2.05, 4.69) is 5.32 Å². The van der Waals surface area contributed by atoms with E-state index in [-0.39, 0.29) is 6.10 Å². The van der Waals surface area contributed by atoms with Gasteiger partial charge in [-0.05, 0) is 32.0 Å². The van der Waals surface area contributed by atoms with E-state index in [1.165, 1.54) is 0 Å². The standard InChI is InChI=1S/C13H17Cl2NO2/c1-16-7-9-5-10(14)6-12(15)13(9)18-11-3-2-4-17-8-11/h5-6,11,16H,2-4,7-8H2,1H3. The van der Waals surface area contributed by atoms with Gasteiger partial charge in [-0.25, -0.2) is 0 Å². The fourth-order valence-electron chi connectivity index (χ4n) is 2.04. The van der Waals surface area contributed by atoms with Gasteiger partial charge in [0.25, 0.3) is 0 Å². The smallest absolute Gasteiger partial charge is 0.143 e. The Labute approximate surface area is 117 Å². The van der Waals surface area contributed by atoms with Crippen LogP contribution in [0.3, 0.4) is 0 Å². The van der Waals surface area contributed by atoms with Crippen molar-refractivity contribution in [3.63, 3.8) is 0 Å². The van der Waals surface area contributed by atoms with Crippen LogP contribution in [-0.4, -0.2) is 26.4 Å². The normalized spacial score (nSPS) is 19.8. The van der Waals surface area contributed by atoms with Gasteiger partial charge >= 0.3 is 0 Å². The predicted octanol–water partition coefficient (Wildman–Crippen LogP) is 3.27. The first-order chi connectivity index (χ1) is 8.70. The van der Waals surface area contributed by atoms with Gasteiger partial charge in [-0.3, -0.25) is 0 Å². The molecule has 0 radical (unpaired) electrons. The van der Waals surface area contributed by atoms with E-state index in [1.807, 2.05) is 13.1 Å². The van der Waals surface area contributed by atoms with Crippen LogP contribution in [0.5, 0.6) is 5.75 Å². The summed E-state index contributed by atoms with van der Waals surface area (Å²) in [4.78, 5) is 0. The number of rotatable bonds is 4. The van der Waals surface area contributed by atoms with Crippen molar-refractivity contribution in [2.75, 3.05) is 20.3 Å². The van der Waals surface area contributed by atoms with E-state index in [0.29, 0.717) is 28.9 Å². The van der Waals surface area contributed by atoms with Crippen LogP contribution in [0.2, 0.25) is 10.0 Å². The first-order valence-electron chi connectivity index (χ1n) is 6.07. The highest BCUT2D eigenvalue weighted by Gasteiger charge is 2.19. The van der Waals surface area contributed by atoms with E-state index >= 15 is 0 Å². The maximum absolute atomic E-state index is 6.21. The Kier molecular flexibility index (Phi) is 5.13. The molecule has 3 nitrogen and oxygen atoms in total. The fourth-order valence-corrected chi connectivity index (χ4v) is 2.62. The molecule has 0 spiro atoms. The summed E-state index contributed by atoms with van der Waals surface area (Å²) in [6.07, 6.45) is 2.10. The molecule has 1 saturated heterocycles. The van der Waals surface area contributed by atoms with Crippen molar-refractivity contribution >= 4 is 23.2 Å². The van der Waals surface area contributed by atoms with Gasteiger partial charge in [0.05, 0.1) is 11.6 Å². The highest BCUT2D eigenvalue weighted by molar-refractivity contribution is 6.35. The number of halogens is 2. The molecule has 1 aliphatic heterocycles. The number of ether oxygens (including phenoxy) is 2. The molecule has 1 unspecified atom stereocenters. The fraction of sp³-hybridized carbons (Fsp3) is 0.538. The van der Waals surface area contributed by atoms with Crippen LogP contribution in [-0.2, 0) is 11.3 Å². The molecule has 18 heavy (non-hydrogen) atoms. The zero-order valence-electron chi connectivity index (χ0n) is 10.3. The molecule has 0 aromatic heterocycles. The number of nitrogens with one attached hydrogen (secondary N) is 1. The summed E-state index contributed by atoms with van der Waals surface area (Å²) < 4.78 is 11.4. The van der Waals surface area contributed by atoms with Crippen LogP contribution in [0, 0.1) is 0 Å². The summed E-state index contributed by atoms with van der Waals surface area (Å²) in [6, 6.07) is 3.59. The Morgan fingerprint density at radius 1 is 1.44 bits per heavy atom. The number of benzene rings is 1. The Morgan fingerprint density at radius 2 is 2.28 bits per heavy atom. The van der Waals surface area contributed by atoms with Crippen LogP contribution < -0.4 is 10.1 Å². The third-order valence-corrected chi connectivity index (χ3v) is 3.35. The van der Waals surface area contributed by atoms with Crippen molar-refractivity contribution in [2.24, 2.45) is 0 Å². The monoisotopic (exact) mass is 289 g/mol. The lowest BCUT2D eigenvalue weighted by Crippen LogP contribution is -2.28. The summed E-state index contributed by atoms with van der Waals surface area (Å²) in [6.45, 7) is 2.11. The van der Waals surface area contributed by atoms with Crippen LogP contribution in [0.15, 0.2) is 12.1 Å². The maximum atomic E-state index is 6.21. The van der Waals surface area contributed by atoms with Gasteiger partial charge < -0.3 is 14.8 Å². The SMILES string of the molecule is CNCc1cc(Cl)cc(Cl)c1OC1CCCOC1. The third-order valence-electron chi connectivity index (χ3n) is 2.86. The molecule has 1 N–H and O–H groups in total. The summed E-state index contributed by atoms with van der Waals surface area (Å²) in [5, 5.41) is 4.26. The first-order valence-corrected chi connectivity index (χ1v) is 6.83. The van der Waals surface area contributed by atoms with Crippen molar-refractivity contribution in [2.45, 2.75) is 25.5 Å². The second-order valence-electron chi connectivity index (χ2n) is 4.36. The molecule has 0 bridgehead atoms. The molecule has 1 aromatic rings. The summed E-state index contributed by atoms with van der Waals surface area (Å²) in [5.74, 6) is 0.714. The van der Waals surface area contributed by atoms with E-state index in [9.17, 15) is 0 Å².